The van der Waals surface area contributed by atoms with Crippen LogP contribution in [0.5, 0.6) is 0 Å². The number of aryl methyl sites for hydroxylation is 1. The topological polar surface area (TPSA) is 48.1 Å². The Balaban J connectivity index is 1.34. The third-order valence-corrected chi connectivity index (χ3v) is 4.97. The number of hydrogen-bond donors (Lipinski definition) is 2. The molecule has 0 radical (unpaired) electrons. The first-order chi connectivity index (χ1) is 11.8. The molecule has 2 N–H and O–H groups in total. The Kier molecular flexibility index (Phi) is 6.30. The Labute approximate surface area is 144 Å². The number of aromatic amines is 1. The molecule has 24 heavy (non-hydrogen) atoms. The molecule has 1 aromatic heterocycles. The van der Waals surface area contributed by atoms with Gasteiger partial charge in [0.2, 0.25) is 5.91 Å². The molecule has 0 bridgehead atoms. The Bertz CT molecular complexity index is 641. The van der Waals surface area contributed by atoms with Gasteiger partial charge in [0.25, 0.3) is 0 Å². The van der Waals surface area contributed by atoms with Crippen molar-refractivity contribution in [2.45, 2.75) is 44.9 Å². The van der Waals surface area contributed by atoms with Gasteiger partial charge >= 0.3 is 0 Å². The summed E-state index contributed by atoms with van der Waals surface area (Å²) in [6.45, 7) is 4.37. The molecular formula is C20H29N3O. The zero-order valence-electron chi connectivity index (χ0n) is 14.5. The van der Waals surface area contributed by atoms with E-state index in [1.54, 1.807) is 0 Å². The second-order valence-corrected chi connectivity index (χ2v) is 6.82. The van der Waals surface area contributed by atoms with Crippen molar-refractivity contribution in [1.82, 2.24) is 15.2 Å². The summed E-state index contributed by atoms with van der Waals surface area (Å²) in [5.41, 5.74) is 2.37. The zero-order valence-corrected chi connectivity index (χ0v) is 14.5. The molecule has 0 aliphatic carbocycles. The molecule has 4 heteroatoms. The number of carbonyl (C=O) groups is 1. The number of hydrogen-bond acceptors (Lipinski definition) is 2. The smallest absolute Gasteiger partial charge is 0.220 e. The lowest BCUT2D eigenvalue weighted by molar-refractivity contribution is -0.121. The maximum absolute atomic E-state index is 12.0. The van der Waals surface area contributed by atoms with Gasteiger partial charge < -0.3 is 15.2 Å². The number of rotatable bonds is 7. The summed E-state index contributed by atoms with van der Waals surface area (Å²) in [4.78, 5) is 17.9. The highest BCUT2D eigenvalue weighted by Crippen LogP contribution is 2.18. The van der Waals surface area contributed by atoms with Crippen LogP contribution in [0.1, 0.15) is 44.1 Å². The minimum Gasteiger partial charge on any atom is -0.361 e. The molecule has 4 nitrogen and oxygen atoms in total. The molecule has 2 heterocycles. The van der Waals surface area contributed by atoms with Gasteiger partial charge in [-0.15, -0.1) is 0 Å². The van der Waals surface area contributed by atoms with E-state index >= 15 is 0 Å². The number of benzene rings is 1. The van der Waals surface area contributed by atoms with Crippen LogP contribution < -0.4 is 5.32 Å². The molecule has 0 unspecified atom stereocenters. The molecule has 0 saturated carbocycles. The maximum atomic E-state index is 12.0. The standard InChI is InChI=1S/C20H29N3O/c24-20(21-12-7-15-23-13-5-1-2-6-14-23)11-10-17-16-22-19-9-4-3-8-18(17)19/h3-4,8-9,16,22H,1-2,5-7,10-15H2,(H,21,24). The predicted octanol–water partition coefficient (Wildman–Crippen LogP) is 3.48. The first-order valence-electron chi connectivity index (χ1n) is 9.37. The van der Waals surface area contributed by atoms with E-state index < -0.39 is 0 Å². The van der Waals surface area contributed by atoms with Crippen LogP contribution in [-0.2, 0) is 11.2 Å². The molecule has 0 atom stereocenters. The van der Waals surface area contributed by atoms with Gasteiger partial charge in [-0.25, -0.2) is 0 Å². The quantitative estimate of drug-likeness (QED) is 0.765. The lowest BCUT2D eigenvalue weighted by Gasteiger charge is -2.19. The van der Waals surface area contributed by atoms with Crippen LogP contribution in [0.25, 0.3) is 10.9 Å². The lowest BCUT2D eigenvalue weighted by Crippen LogP contribution is -2.30. The average molecular weight is 327 g/mol. The van der Waals surface area contributed by atoms with Gasteiger partial charge in [-0.3, -0.25) is 4.79 Å². The number of nitrogens with zero attached hydrogens (tertiary/aromatic N) is 1. The van der Waals surface area contributed by atoms with Crippen molar-refractivity contribution in [3.05, 3.63) is 36.0 Å². The van der Waals surface area contributed by atoms with Gasteiger partial charge in [-0.2, -0.15) is 0 Å². The number of nitrogens with one attached hydrogen (secondary N) is 2. The van der Waals surface area contributed by atoms with Crippen LogP contribution >= 0.6 is 0 Å². The van der Waals surface area contributed by atoms with Gasteiger partial charge in [0.05, 0.1) is 0 Å². The Morgan fingerprint density at radius 1 is 1.12 bits per heavy atom. The van der Waals surface area contributed by atoms with E-state index in [0.717, 1.165) is 31.4 Å². The third kappa shape index (κ3) is 4.84. The number of fused-ring (bicyclic) bond motifs is 1. The predicted molar refractivity (Wildman–Crippen MR) is 99.2 cm³/mol. The van der Waals surface area contributed by atoms with Crippen molar-refractivity contribution >= 4 is 16.8 Å². The molecule has 1 aliphatic heterocycles. The van der Waals surface area contributed by atoms with E-state index in [4.69, 9.17) is 0 Å². The van der Waals surface area contributed by atoms with Gasteiger partial charge in [-0.1, -0.05) is 31.0 Å². The number of H-pyrrole nitrogens is 1. The van der Waals surface area contributed by atoms with E-state index in [1.807, 2.05) is 18.3 Å². The van der Waals surface area contributed by atoms with Gasteiger partial charge in [-0.05, 0) is 56.9 Å². The molecule has 1 amide bonds. The van der Waals surface area contributed by atoms with Crippen molar-refractivity contribution in [1.29, 1.82) is 0 Å². The molecule has 1 fully saturated rings. The molecular weight excluding hydrogens is 298 g/mol. The van der Waals surface area contributed by atoms with Crippen LogP contribution in [0.3, 0.4) is 0 Å². The Hall–Kier alpha value is -1.81. The molecule has 3 rings (SSSR count). The first kappa shape index (κ1) is 17.0. The minimum absolute atomic E-state index is 0.163. The van der Waals surface area contributed by atoms with Crippen LogP contribution in [-0.4, -0.2) is 42.0 Å². The molecule has 0 spiro atoms. The first-order valence-corrected chi connectivity index (χ1v) is 9.37. The van der Waals surface area contributed by atoms with Gasteiger partial charge in [0.15, 0.2) is 0 Å². The van der Waals surface area contributed by atoms with Crippen LogP contribution in [0, 0.1) is 0 Å². The second kappa shape index (κ2) is 8.88. The van der Waals surface area contributed by atoms with Crippen molar-refractivity contribution in [2.75, 3.05) is 26.2 Å². The second-order valence-electron chi connectivity index (χ2n) is 6.82. The summed E-state index contributed by atoms with van der Waals surface area (Å²) >= 11 is 0. The Morgan fingerprint density at radius 2 is 1.92 bits per heavy atom. The van der Waals surface area contributed by atoms with E-state index in [1.165, 1.54) is 49.7 Å². The fourth-order valence-corrected chi connectivity index (χ4v) is 3.57. The number of amides is 1. The average Bonchev–Trinajstić information content (AvgIpc) is 2.83. The number of aromatic nitrogens is 1. The monoisotopic (exact) mass is 327 g/mol. The molecule has 1 aromatic carbocycles. The Morgan fingerprint density at radius 3 is 2.75 bits per heavy atom. The number of likely N-dealkylation sites (tertiary alicyclic amines) is 1. The number of para-hydroxylation sites is 1. The van der Waals surface area contributed by atoms with Gasteiger partial charge in [0, 0.05) is 30.1 Å². The summed E-state index contributed by atoms with van der Waals surface area (Å²) in [7, 11) is 0. The zero-order chi connectivity index (χ0) is 16.6. The normalized spacial score (nSPS) is 16.2. The van der Waals surface area contributed by atoms with Gasteiger partial charge in [0.1, 0.15) is 0 Å². The van der Waals surface area contributed by atoms with E-state index in [2.05, 4.69) is 27.3 Å². The molecule has 1 saturated heterocycles. The summed E-state index contributed by atoms with van der Waals surface area (Å²) in [5.74, 6) is 0.163. The molecule has 1 aliphatic rings. The third-order valence-electron chi connectivity index (χ3n) is 4.97. The largest absolute Gasteiger partial charge is 0.361 e. The van der Waals surface area contributed by atoms with Crippen molar-refractivity contribution in [2.24, 2.45) is 0 Å². The van der Waals surface area contributed by atoms with Crippen molar-refractivity contribution in [3.63, 3.8) is 0 Å². The highest BCUT2D eigenvalue weighted by Gasteiger charge is 2.09. The minimum atomic E-state index is 0.163. The summed E-state index contributed by atoms with van der Waals surface area (Å²) in [6.07, 6.45) is 9.85. The van der Waals surface area contributed by atoms with E-state index in [-0.39, 0.29) is 5.91 Å². The van der Waals surface area contributed by atoms with E-state index in [0.29, 0.717) is 6.42 Å². The fourth-order valence-electron chi connectivity index (χ4n) is 3.57. The molecule has 2 aromatic rings. The highest BCUT2D eigenvalue weighted by atomic mass is 16.1. The van der Waals surface area contributed by atoms with Crippen LogP contribution in [0.2, 0.25) is 0 Å². The van der Waals surface area contributed by atoms with Crippen LogP contribution in [0.15, 0.2) is 30.5 Å². The fraction of sp³-hybridized carbons (Fsp3) is 0.550. The van der Waals surface area contributed by atoms with Crippen LogP contribution in [0.4, 0.5) is 0 Å². The van der Waals surface area contributed by atoms with E-state index in [9.17, 15) is 4.79 Å². The lowest BCUT2D eigenvalue weighted by atomic mass is 10.1. The highest BCUT2D eigenvalue weighted by molar-refractivity contribution is 5.84. The number of carbonyl (C=O) groups excluding carboxylic acids is 1. The maximum Gasteiger partial charge on any atom is 0.220 e. The SMILES string of the molecule is O=C(CCc1c[nH]c2ccccc12)NCCCN1CCCCCC1. The molecule has 130 valence electrons. The summed E-state index contributed by atoms with van der Waals surface area (Å²) in [6, 6.07) is 8.25. The van der Waals surface area contributed by atoms with Crippen molar-refractivity contribution in [3.8, 4) is 0 Å². The summed E-state index contributed by atoms with van der Waals surface area (Å²) in [5, 5.41) is 4.30. The summed E-state index contributed by atoms with van der Waals surface area (Å²) < 4.78 is 0. The van der Waals surface area contributed by atoms with Crippen molar-refractivity contribution < 1.29 is 4.79 Å².